The van der Waals surface area contributed by atoms with Crippen molar-refractivity contribution in [2.75, 3.05) is 26.3 Å². The van der Waals surface area contributed by atoms with Crippen LogP contribution in [0.4, 0.5) is 0 Å². The summed E-state index contributed by atoms with van der Waals surface area (Å²) in [5.41, 5.74) is 0.165. The van der Waals surface area contributed by atoms with Gasteiger partial charge in [-0.1, -0.05) is 25.3 Å². The highest BCUT2D eigenvalue weighted by Gasteiger charge is 2.35. The molecule has 22 heavy (non-hydrogen) atoms. The smallest absolute Gasteiger partial charge is 0.221 e. The van der Waals surface area contributed by atoms with Crippen LogP contribution in [0.2, 0.25) is 0 Å². The van der Waals surface area contributed by atoms with Crippen LogP contribution in [-0.2, 0) is 14.9 Å². The summed E-state index contributed by atoms with van der Waals surface area (Å²) in [4.78, 5) is 13.7. The maximum Gasteiger partial charge on any atom is 0.221 e. The van der Waals surface area contributed by atoms with Crippen molar-refractivity contribution in [3.63, 3.8) is 0 Å². The number of hydrogen-bond donors (Lipinski definition) is 2. The van der Waals surface area contributed by atoms with Crippen LogP contribution < -0.4 is 10.6 Å². The van der Waals surface area contributed by atoms with Gasteiger partial charge in [-0.3, -0.25) is 4.79 Å². The molecule has 1 aromatic heterocycles. The Morgan fingerprint density at radius 1 is 1.41 bits per heavy atom. The second-order valence-electron chi connectivity index (χ2n) is 6.53. The Morgan fingerprint density at radius 3 is 2.95 bits per heavy atom. The number of thiophene rings is 1. The zero-order valence-electron chi connectivity index (χ0n) is 13.1. The van der Waals surface area contributed by atoms with E-state index in [0.717, 1.165) is 19.7 Å². The van der Waals surface area contributed by atoms with E-state index < -0.39 is 0 Å². The highest BCUT2D eigenvalue weighted by atomic mass is 32.1. The number of rotatable bonds is 5. The molecule has 0 spiro atoms. The van der Waals surface area contributed by atoms with Gasteiger partial charge in [0.15, 0.2) is 0 Å². The third kappa shape index (κ3) is 3.89. The van der Waals surface area contributed by atoms with E-state index in [1.54, 1.807) is 0 Å². The van der Waals surface area contributed by atoms with Crippen molar-refractivity contribution in [2.45, 2.75) is 50.0 Å². The summed E-state index contributed by atoms with van der Waals surface area (Å²) in [7, 11) is 0. The summed E-state index contributed by atoms with van der Waals surface area (Å²) >= 11 is 1.83. The fourth-order valence-corrected chi connectivity index (χ4v) is 4.62. The topological polar surface area (TPSA) is 50.4 Å². The van der Waals surface area contributed by atoms with Gasteiger partial charge in [-0.15, -0.1) is 11.3 Å². The number of morpholine rings is 1. The molecule has 2 heterocycles. The van der Waals surface area contributed by atoms with Gasteiger partial charge >= 0.3 is 0 Å². The molecule has 122 valence electrons. The molecule has 5 heteroatoms. The average Bonchev–Trinajstić information content (AvgIpc) is 3.10. The van der Waals surface area contributed by atoms with Gasteiger partial charge in [0, 0.05) is 35.8 Å². The Kier molecular flexibility index (Phi) is 5.50. The number of amides is 1. The quantitative estimate of drug-likeness (QED) is 0.875. The Bertz CT molecular complexity index is 463. The number of hydrogen-bond acceptors (Lipinski definition) is 4. The van der Waals surface area contributed by atoms with Crippen molar-refractivity contribution in [2.24, 2.45) is 0 Å². The van der Waals surface area contributed by atoms with Crippen molar-refractivity contribution >= 4 is 17.2 Å². The first kappa shape index (κ1) is 16.0. The van der Waals surface area contributed by atoms with E-state index in [-0.39, 0.29) is 17.4 Å². The minimum absolute atomic E-state index is 0.143. The molecule has 1 atom stereocenters. The van der Waals surface area contributed by atoms with Gasteiger partial charge in [0.25, 0.3) is 0 Å². The number of carbonyl (C=O) groups excluding carboxylic acids is 1. The molecule has 0 radical (unpaired) electrons. The first-order valence-corrected chi connectivity index (χ1v) is 9.28. The molecule has 2 aliphatic rings. The van der Waals surface area contributed by atoms with Gasteiger partial charge < -0.3 is 15.4 Å². The lowest BCUT2D eigenvalue weighted by Crippen LogP contribution is -2.46. The molecule has 0 aromatic carbocycles. The van der Waals surface area contributed by atoms with Crippen LogP contribution in [-0.4, -0.2) is 38.3 Å². The van der Waals surface area contributed by atoms with Crippen LogP contribution in [0.25, 0.3) is 0 Å². The first-order valence-electron chi connectivity index (χ1n) is 8.40. The first-order chi connectivity index (χ1) is 10.8. The van der Waals surface area contributed by atoms with Crippen LogP contribution >= 0.6 is 11.3 Å². The molecule has 1 saturated carbocycles. The van der Waals surface area contributed by atoms with Crippen LogP contribution in [0, 0.1) is 0 Å². The van der Waals surface area contributed by atoms with E-state index in [9.17, 15) is 4.79 Å². The van der Waals surface area contributed by atoms with E-state index in [4.69, 9.17) is 4.74 Å². The Hall–Kier alpha value is -0.910. The van der Waals surface area contributed by atoms with Gasteiger partial charge in [-0.05, 0) is 24.3 Å². The van der Waals surface area contributed by atoms with Crippen molar-refractivity contribution < 1.29 is 9.53 Å². The zero-order chi connectivity index (χ0) is 15.3. The lowest BCUT2D eigenvalue weighted by molar-refractivity contribution is -0.122. The summed E-state index contributed by atoms with van der Waals surface area (Å²) in [6.45, 7) is 3.01. The molecule has 1 unspecified atom stereocenters. The van der Waals surface area contributed by atoms with Crippen LogP contribution in [0.5, 0.6) is 0 Å². The highest BCUT2D eigenvalue weighted by molar-refractivity contribution is 7.10. The molecule has 4 nitrogen and oxygen atoms in total. The highest BCUT2D eigenvalue weighted by Crippen LogP contribution is 2.41. The van der Waals surface area contributed by atoms with Gasteiger partial charge in [-0.2, -0.15) is 0 Å². The van der Waals surface area contributed by atoms with Crippen LogP contribution in [0.1, 0.15) is 43.4 Å². The van der Waals surface area contributed by atoms with E-state index in [0.29, 0.717) is 13.0 Å². The SMILES string of the molecule is O=C(CC1COCCN1)NCC1(c2cccs2)CCCCC1. The van der Waals surface area contributed by atoms with Crippen molar-refractivity contribution in [3.05, 3.63) is 22.4 Å². The average molecular weight is 322 g/mol. The van der Waals surface area contributed by atoms with Crippen LogP contribution in [0.3, 0.4) is 0 Å². The number of ether oxygens (including phenoxy) is 1. The molecule has 2 N–H and O–H groups in total. The molecule has 1 amide bonds. The monoisotopic (exact) mass is 322 g/mol. The minimum atomic E-state index is 0.143. The zero-order valence-corrected chi connectivity index (χ0v) is 13.9. The normalized spacial score (nSPS) is 24.8. The maximum atomic E-state index is 12.3. The molecule has 1 saturated heterocycles. The molecule has 3 rings (SSSR count). The van der Waals surface area contributed by atoms with Gasteiger partial charge in [0.05, 0.1) is 13.2 Å². The predicted octanol–water partition coefficient (Wildman–Crippen LogP) is 2.44. The molecule has 2 fully saturated rings. The van der Waals surface area contributed by atoms with Crippen molar-refractivity contribution in [1.82, 2.24) is 10.6 Å². The van der Waals surface area contributed by atoms with E-state index in [1.807, 2.05) is 11.3 Å². The Labute approximate surface area is 136 Å². The lowest BCUT2D eigenvalue weighted by Gasteiger charge is -2.37. The molecule has 1 aromatic rings. The fraction of sp³-hybridized carbons (Fsp3) is 0.706. The van der Waals surface area contributed by atoms with Gasteiger partial charge in [-0.25, -0.2) is 0 Å². The maximum absolute atomic E-state index is 12.3. The molecular formula is C17H26N2O2S. The molecular weight excluding hydrogens is 296 g/mol. The molecule has 0 bridgehead atoms. The number of nitrogens with one attached hydrogen (secondary N) is 2. The van der Waals surface area contributed by atoms with Crippen molar-refractivity contribution in [1.29, 1.82) is 0 Å². The Morgan fingerprint density at radius 2 is 2.27 bits per heavy atom. The Balaban J connectivity index is 1.56. The van der Waals surface area contributed by atoms with Gasteiger partial charge in [0.2, 0.25) is 5.91 Å². The summed E-state index contributed by atoms with van der Waals surface area (Å²) in [6.07, 6.45) is 6.76. The summed E-state index contributed by atoms with van der Waals surface area (Å²) in [5.74, 6) is 0.143. The molecule has 1 aliphatic carbocycles. The predicted molar refractivity (Wildman–Crippen MR) is 89.3 cm³/mol. The molecule has 1 aliphatic heterocycles. The minimum Gasteiger partial charge on any atom is -0.378 e. The van der Waals surface area contributed by atoms with Crippen molar-refractivity contribution in [3.8, 4) is 0 Å². The largest absolute Gasteiger partial charge is 0.378 e. The number of carbonyl (C=O) groups is 1. The third-order valence-corrected chi connectivity index (χ3v) is 6.02. The fourth-order valence-electron chi connectivity index (χ4n) is 3.63. The summed E-state index contributed by atoms with van der Waals surface area (Å²) < 4.78 is 5.42. The van der Waals surface area contributed by atoms with E-state index >= 15 is 0 Å². The summed E-state index contributed by atoms with van der Waals surface area (Å²) in [5, 5.41) is 8.69. The van der Waals surface area contributed by atoms with Gasteiger partial charge in [0.1, 0.15) is 0 Å². The second-order valence-corrected chi connectivity index (χ2v) is 7.47. The van der Waals surface area contributed by atoms with E-state index in [1.165, 1.54) is 37.0 Å². The van der Waals surface area contributed by atoms with Crippen LogP contribution in [0.15, 0.2) is 17.5 Å². The van der Waals surface area contributed by atoms with E-state index in [2.05, 4.69) is 28.1 Å². The third-order valence-electron chi connectivity index (χ3n) is 4.91. The second kappa shape index (κ2) is 7.57. The summed E-state index contributed by atoms with van der Waals surface area (Å²) in [6, 6.07) is 4.53. The lowest BCUT2D eigenvalue weighted by atomic mass is 9.73. The standard InChI is InChI=1S/C17H26N2O2S/c20-16(11-14-12-21-9-8-18-14)19-13-17(6-2-1-3-7-17)15-5-4-10-22-15/h4-5,10,14,18H,1-3,6-9,11-13H2,(H,19,20).